The molecule has 0 saturated carbocycles. The zero-order valence-electron chi connectivity index (χ0n) is 13.1. The van der Waals surface area contributed by atoms with Gasteiger partial charge in [0.2, 0.25) is 0 Å². The van der Waals surface area contributed by atoms with Gasteiger partial charge in [-0.25, -0.2) is 4.98 Å². The van der Waals surface area contributed by atoms with E-state index < -0.39 is 5.91 Å². The highest BCUT2D eigenvalue weighted by atomic mass is 16.5. The van der Waals surface area contributed by atoms with Crippen molar-refractivity contribution in [3.63, 3.8) is 0 Å². The molecular weight excluding hydrogens is 314 g/mol. The summed E-state index contributed by atoms with van der Waals surface area (Å²) in [5.74, 6) is -0.480. The lowest BCUT2D eigenvalue weighted by molar-refractivity contribution is 0.102. The number of tetrazole rings is 1. The monoisotopic (exact) mass is 329 g/mol. The second kappa shape index (κ2) is 6.54. The van der Waals surface area contributed by atoms with Gasteiger partial charge < -0.3 is 9.30 Å². The number of amides is 1. The van der Waals surface area contributed by atoms with Crippen molar-refractivity contribution in [1.82, 2.24) is 30.2 Å². The smallest absolute Gasteiger partial charge is 0.270 e. The van der Waals surface area contributed by atoms with Crippen LogP contribution in [-0.4, -0.2) is 49.8 Å². The van der Waals surface area contributed by atoms with Gasteiger partial charge in [-0.3, -0.25) is 14.9 Å². The molecule has 3 rings (SSSR count). The van der Waals surface area contributed by atoms with E-state index in [9.17, 15) is 9.59 Å². The molecule has 0 aliphatic carbocycles. The molecule has 0 radical (unpaired) electrons. The van der Waals surface area contributed by atoms with Gasteiger partial charge in [0.25, 0.3) is 11.9 Å². The predicted molar refractivity (Wildman–Crippen MR) is 84.7 cm³/mol. The molecule has 124 valence electrons. The van der Waals surface area contributed by atoms with E-state index in [2.05, 4.69) is 30.9 Å². The third-order valence-corrected chi connectivity index (χ3v) is 3.40. The number of anilines is 1. The lowest BCUT2D eigenvalue weighted by Crippen LogP contribution is -2.20. The first-order chi connectivity index (χ1) is 11.6. The van der Waals surface area contributed by atoms with Crippen molar-refractivity contribution >= 4 is 22.9 Å². The van der Waals surface area contributed by atoms with E-state index in [0.717, 1.165) is 0 Å². The summed E-state index contributed by atoms with van der Waals surface area (Å²) in [4.78, 5) is 29.3. The first-order valence-corrected chi connectivity index (χ1v) is 7.14. The van der Waals surface area contributed by atoms with Crippen molar-refractivity contribution in [3.05, 3.63) is 39.8 Å². The molecule has 1 amide bonds. The number of aromatic amines is 1. The number of hydrogen-bond donors (Lipinski definition) is 2. The van der Waals surface area contributed by atoms with Crippen LogP contribution in [0.5, 0.6) is 0 Å². The Labute approximate surface area is 135 Å². The average Bonchev–Trinajstić information content (AvgIpc) is 3.06. The number of carbonyl (C=O) groups excluding carboxylic acids is 1. The Morgan fingerprint density at radius 1 is 1.46 bits per heavy atom. The van der Waals surface area contributed by atoms with E-state index in [1.807, 2.05) is 0 Å². The molecule has 0 saturated heterocycles. The second-order valence-corrected chi connectivity index (χ2v) is 5.07. The number of hydrogen-bond acceptors (Lipinski definition) is 7. The number of ether oxygens (including phenoxy) is 1. The van der Waals surface area contributed by atoms with Crippen molar-refractivity contribution in [3.8, 4) is 0 Å². The predicted octanol–water partition coefficient (Wildman–Crippen LogP) is 0.117. The molecule has 0 unspecified atom stereocenters. The third kappa shape index (κ3) is 2.99. The summed E-state index contributed by atoms with van der Waals surface area (Å²) < 4.78 is 6.85. The van der Waals surface area contributed by atoms with E-state index in [1.54, 1.807) is 30.9 Å². The van der Waals surface area contributed by atoms with E-state index >= 15 is 0 Å². The van der Waals surface area contributed by atoms with Crippen LogP contribution < -0.4 is 10.7 Å². The minimum atomic E-state index is -0.506. The maximum Gasteiger partial charge on any atom is 0.270 e. The first kappa shape index (κ1) is 15.7. The number of H-pyrrole nitrogens is 1. The maximum absolute atomic E-state index is 12.5. The Bertz CT molecular complexity index is 933. The summed E-state index contributed by atoms with van der Waals surface area (Å²) in [5.41, 5.74) is 0.957. The fourth-order valence-electron chi connectivity index (χ4n) is 2.35. The lowest BCUT2D eigenvalue weighted by atomic mass is 10.1. The molecule has 0 bridgehead atoms. The fraction of sp³-hybridized carbons (Fsp3) is 0.286. The van der Waals surface area contributed by atoms with Crippen molar-refractivity contribution < 1.29 is 9.53 Å². The number of nitrogens with one attached hydrogen (secondary N) is 2. The fourth-order valence-corrected chi connectivity index (χ4v) is 2.35. The van der Waals surface area contributed by atoms with Crippen LogP contribution in [0.2, 0.25) is 0 Å². The van der Waals surface area contributed by atoms with Crippen LogP contribution in [0.25, 0.3) is 11.0 Å². The van der Waals surface area contributed by atoms with E-state index in [4.69, 9.17) is 4.74 Å². The Hall–Kier alpha value is -3.14. The third-order valence-electron chi connectivity index (χ3n) is 3.40. The average molecular weight is 329 g/mol. The van der Waals surface area contributed by atoms with Crippen LogP contribution in [0.15, 0.2) is 23.1 Å². The molecule has 10 nitrogen and oxygen atoms in total. The standard InChI is InChI=1S/C14H15N7O3/c1-8-7-9(13(23)16-14-17-19-20-18-14)11-10(22)3-4-21(5-6-24-2)12(11)15-8/h3-4,7H,5-6H2,1-2H3,(H2,16,17,18,19,20,23). The van der Waals surface area contributed by atoms with Crippen LogP contribution in [0.3, 0.4) is 0 Å². The SMILES string of the molecule is COCCn1ccc(=O)c2c(C(=O)Nc3nn[nH]n3)cc(C)nc21. The van der Waals surface area contributed by atoms with Gasteiger partial charge >= 0.3 is 0 Å². The van der Waals surface area contributed by atoms with Gasteiger partial charge in [-0.1, -0.05) is 5.10 Å². The summed E-state index contributed by atoms with van der Waals surface area (Å²) >= 11 is 0. The van der Waals surface area contributed by atoms with E-state index in [-0.39, 0.29) is 22.3 Å². The molecule has 10 heteroatoms. The highest BCUT2D eigenvalue weighted by molar-refractivity contribution is 6.11. The van der Waals surface area contributed by atoms with Gasteiger partial charge in [0.15, 0.2) is 5.43 Å². The molecule has 0 aromatic carbocycles. The quantitative estimate of drug-likeness (QED) is 0.680. The number of carbonyl (C=O) groups is 1. The van der Waals surface area contributed by atoms with Crippen LogP contribution in [0, 0.1) is 6.92 Å². The zero-order chi connectivity index (χ0) is 17.1. The molecule has 0 aliphatic rings. The molecule has 3 aromatic heterocycles. The van der Waals surface area contributed by atoms with Gasteiger partial charge in [-0.05, 0) is 18.2 Å². The van der Waals surface area contributed by atoms with Gasteiger partial charge in [-0.2, -0.15) is 5.21 Å². The molecule has 2 N–H and O–H groups in total. The van der Waals surface area contributed by atoms with Crippen molar-refractivity contribution in [2.24, 2.45) is 0 Å². The summed E-state index contributed by atoms with van der Waals surface area (Å²) in [6.45, 7) is 2.72. The maximum atomic E-state index is 12.5. The number of methoxy groups -OCH3 is 1. The molecular formula is C14H15N7O3. The molecule has 0 spiro atoms. The minimum absolute atomic E-state index is 0.0262. The molecule has 24 heavy (non-hydrogen) atoms. The van der Waals surface area contributed by atoms with Crippen LogP contribution in [0.1, 0.15) is 16.1 Å². The number of pyridine rings is 2. The summed E-state index contributed by atoms with van der Waals surface area (Å²) in [5, 5.41) is 15.7. The molecule has 0 fully saturated rings. The van der Waals surface area contributed by atoms with Crippen molar-refractivity contribution in [2.45, 2.75) is 13.5 Å². The Morgan fingerprint density at radius 3 is 3.00 bits per heavy atom. The van der Waals surface area contributed by atoms with Gasteiger partial charge in [-0.15, -0.1) is 5.10 Å². The minimum Gasteiger partial charge on any atom is -0.383 e. The van der Waals surface area contributed by atoms with Crippen LogP contribution >= 0.6 is 0 Å². The second-order valence-electron chi connectivity index (χ2n) is 5.07. The van der Waals surface area contributed by atoms with E-state index in [1.165, 1.54) is 6.07 Å². The largest absolute Gasteiger partial charge is 0.383 e. The zero-order valence-corrected chi connectivity index (χ0v) is 13.1. The summed E-state index contributed by atoms with van der Waals surface area (Å²) in [7, 11) is 1.59. The molecule has 3 aromatic rings. The molecule has 3 heterocycles. The highest BCUT2D eigenvalue weighted by Crippen LogP contribution is 2.16. The number of aryl methyl sites for hydroxylation is 1. The lowest BCUT2D eigenvalue weighted by Gasteiger charge is -2.12. The Morgan fingerprint density at radius 2 is 2.29 bits per heavy atom. The van der Waals surface area contributed by atoms with Gasteiger partial charge in [0.05, 0.1) is 17.6 Å². The van der Waals surface area contributed by atoms with Crippen molar-refractivity contribution in [2.75, 3.05) is 19.0 Å². The number of fused-ring (bicyclic) bond motifs is 1. The van der Waals surface area contributed by atoms with Gasteiger partial charge in [0, 0.05) is 31.6 Å². The first-order valence-electron chi connectivity index (χ1n) is 7.14. The number of rotatable bonds is 5. The highest BCUT2D eigenvalue weighted by Gasteiger charge is 2.17. The molecule has 0 aliphatic heterocycles. The summed E-state index contributed by atoms with van der Waals surface area (Å²) in [6, 6.07) is 2.96. The van der Waals surface area contributed by atoms with E-state index in [0.29, 0.717) is 24.5 Å². The Kier molecular flexibility index (Phi) is 4.29. The number of aromatic nitrogens is 6. The normalized spacial score (nSPS) is 10.9. The van der Waals surface area contributed by atoms with Crippen LogP contribution in [0.4, 0.5) is 5.95 Å². The summed E-state index contributed by atoms with van der Waals surface area (Å²) in [6.07, 6.45) is 1.64. The Balaban J connectivity index is 2.13. The topological polar surface area (TPSA) is 128 Å². The van der Waals surface area contributed by atoms with Crippen LogP contribution in [-0.2, 0) is 11.3 Å². The van der Waals surface area contributed by atoms with Gasteiger partial charge in [0.1, 0.15) is 5.65 Å². The van der Waals surface area contributed by atoms with Crippen molar-refractivity contribution in [1.29, 1.82) is 0 Å². The number of nitrogens with zero attached hydrogens (tertiary/aromatic N) is 5. The molecule has 0 atom stereocenters.